The Morgan fingerprint density at radius 2 is 2.05 bits per heavy atom. The topological polar surface area (TPSA) is 46.5 Å². The largest absolute Gasteiger partial charge is 0.477 e. The second kappa shape index (κ2) is 5.75. The molecule has 5 heteroatoms. The van der Waals surface area contributed by atoms with Gasteiger partial charge in [-0.25, -0.2) is 4.79 Å². The molecule has 0 saturated heterocycles. The summed E-state index contributed by atoms with van der Waals surface area (Å²) in [7, 11) is 0. The number of thiophene rings is 1. The van der Waals surface area contributed by atoms with Crippen LogP contribution in [0.25, 0.3) is 0 Å². The highest BCUT2D eigenvalue weighted by atomic mass is 79.9. The van der Waals surface area contributed by atoms with Gasteiger partial charge in [-0.05, 0) is 41.8 Å². The van der Waals surface area contributed by atoms with Crippen LogP contribution in [0.2, 0.25) is 0 Å². The molecule has 0 spiro atoms. The summed E-state index contributed by atoms with van der Waals surface area (Å²) in [4.78, 5) is 11.1. The maximum atomic E-state index is 10.8. The number of benzene rings is 1. The van der Waals surface area contributed by atoms with Gasteiger partial charge in [0.25, 0.3) is 0 Å². The minimum Gasteiger partial charge on any atom is -0.477 e. The number of ether oxygens (including phenoxy) is 1. The third-order valence-electron chi connectivity index (χ3n) is 2.60. The molecule has 0 aliphatic heterocycles. The van der Waals surface area contributed by atoms with E-state index in [1.54, 1.807) is 12.1 Å². The summed E-state index contributed by atoms with van der Waals surface area (Å²) in [5.41, 5.74) is 1.08. The highest BCUT2D eigenvalue weighted by Crippen LogP contribution is 2.35. The average molecular weight is 341 g/mol. The van der Waals surface area contributed by atoms with Crippen LogP contribution in [0.5, 0.6) is 10.8 Å². The Hall–Kier alpha value is -1.33. The molecule has 2 rings (SSSR count). The van der Waals surface area contributed by atoms with Gasteiger partial charge in [-0.2, -0.15) is 0 Å². The molecule has 100 valence electrons. The number of rotatable bonds is 4. The Balaban J connectivity index is 2.29. The lowest BCUT2D eigenvalue weighted by Crippen LogP contribution is -1.93. The molecule has 1 N–H and O–H groups in total. The highest BCUT2D eigenvalue weighted by molar-refractivity contribution is 9.10. The molecular formula is C14H13BrO3S. The van der Waals surface area contributed by atoms with Gasteiger partial charge in [-0.15, -0.1) is 0 Å². The minimum atomic E-state index is -0.931. The van der Waals surface area contributed by atoms with E-state index < -0.39 is 5.97 Å². The first-order valence-corrected chi connectivity index (χ1v) is 7.38. The maximum absolute atomic E-state index is 10.8. The van der Waals surface area contributed by atoms with Crippen LogP contribution in [-0.4, -0.2) is 11.1 Å². The Kier molecular flexibility index (Phi) is 4.27. The molecule has 0 bridgehead atoms. The van der Waals surface area contributed by atoms with Crippen LogP contribution < -0.4 is 4.74 Å². The van der Waals surface area contributed by atoms with Gasteiger partial charge in [0.1, 0.15) is 10.6 Å². The zero-order valence-corrected chi connectivity index (χ0v) is 12.9. The van der Waals surface area contributed by atoms with Crippen molar-refractivity contribution in [3.63, 3.8) is 0 Å². The summed E-state index contributed by atoms with van der Waals surface area (Å²) in [5, 5.41) is 9.48. The van der Waals surface area contributed by atoms with Crippen molar-refractivity contribution in [1.82, 2.24) is 0 Å². The van der Waals surface area contributed by atoms with Crippen LogP contribution in [0.15, 0.2) is 34.8 Å². The lowest BCUT2D eigenvalue weighted by Gasteiger charge is -2.13. The van der Waals surface area contributed by atoms with E-state index >= 15 is 0 Å². The molecule has 1 aromatic carbocycles. The van der Waals surface area contributed by atoms with Crippen molar-refractivity contribution < 1.29 is 14.6 Å². The van der Waals surface area contributed by atoms with E-state index in [-0.39, 0.29) is 4.88 Å². The van der Waals surface area contributed by atoms with Gasteiger partial charge in [-0.1, -0.05) is 41.1 Å². The van der Waals surface area contributed by atoms with Gasteiger partial charge in [0.05, 0.1) is 0 Å². The molecule has 0 aliphatic rings. The van der Waals surface area contributed by atoms with Crippen LogP contribution in [0, 0.1) is 0 Å². The van der Waals surface area contributed by atoms with Crippen LogP contribution in [0.4, 0.5) is 0 Å². The van der Waals surface area contributed by atoms with Crippen molar-refractivity contribution in [1.29, 1.82) is 0 Å². The van der Waals surface area contributed by atoms with Gasteiger partial charge in [0.2, 0.25) is 0 Å². The van der Waals surface area contributed by atoms with Crippen molar-refractivity contribution in [2.24, 2.45) is 0 Å². The van der Waals surface area contributed by atoms with Crippen LogP contribution in [-0.2, 0) is 0 Å². The average Bonchev–Trinajstić information content (AvgIpc) is 2.80. The number of carbonyl (C=O) groups is 1. The molecule has 0 saturated carbocycles. The van der Waals surface area contributed by atoms with Crippen molar-refractivity contribution in [3.8, 4) is 10.8 Å². The molecular weight excluding hydrogens is 328 g/mol. The second-order valence-electron chi connectivity index (χ2n) is 4.36. The van der Waals surface area contributed by atoms with E-state index in [2.05, 4.69) is 29.8 Å². The van der Waals surface area contributed by atoms with Crippen LogP contribution in [0.3, 0.4) is 0 Å². The van der Waals surface area contributed by atoms with Gasteiger partial charge in [0.15, 0.2) is 5.06 Å². The lowest BCUT2D eigenvalue weighted by molar-refractivity contribution is 0.0702. The van der Waals surface area contributed by atoms with Crippen molar-refractivity contribution >= 4 is 33.2 Å². The third kappa shape index (κ3) is 3.36. The van der Waals surface area contributed by atoms with E-state index in [9.17, 15) is 4.79 Å². The summed E-state index contributed by atoms with van der Waals surface area (Å²) < 4.78 is 6.79. The molecule has 0 unspecified atom stereocenters. The molecule has 19 heavy (non-hydrogen) atoms. The molecule has 2 aromatic rings. The first-order chi connectivity index (χ1) is 8.97. The summed E-state index contributed by atoms with van der Waals surface area (Å²) in [6.07, 6.45) is 0. The van der Waals surface area contributed by atoms with E-state index in [1.807, 2.05) is 18.2 Å². The van der Waals surface area contributed by atoms with Crippen molar-refractivity contribution in [3.05, 3.63) is 45.2 Å². The SMILES string of the molecule is CC(C)c1cc(Br)ccc1Oc1ccc(C(=O)O)s1. The van der Waals surface area contributed by atoms with Crippen LogP contribution >= 0.6 is 27.3 Å². The van der Waals surface area contributed by atoms with Gasteiger partial charge in [-0.3, -0.25) is 0 Å². The summed E-state index contributed by atoms with van der Waals surface area (Å²) in [5.74, 6) is 0.156. The molecule has 0 radical (unpaired) electrons. The molecule has 1 heterocycles. The molecule has 0 fully saturated rings. The number of hydrogen-bond donors (Lipinski definition) is 1. The van der Waals surface area contributed by atoms with Crippen LogP contribution in [0.1, 0.15) is 35.0 Å². The molecule has 0 amide bonds. The highest BCUT2D eigenvalue weighted by Gasteiger charge is 2.12. The number of carboxylic acid groups (broad SMARTS) is 1. The monoisotopic (exact) mass is 340 g/mol. The van der Waals surface area contributed by atoms with Gasteiger partial charge < -0.3 is 9.84 Å². The third-order valence-corrected chi connectivity index (χ3v) is 4.04. The number of halogens is 1. The quantitative estimate of drug-likeness (QED) is 0.839. The Morgan fingerprint density at radius 1 is 1.32 bits per heavy atom. The normalized spacial score (nSPS) is 10.7. The minimum absolute atomic E-state index is 0.276. The second-order valence-corrected chi connectivity index (χ2v) is 6.32. The standard InChI is InChI=1S/C14H13BrO3S/c1-8(2)10-7-9(15)3-4-11(10)18-13-6-5-12(19-13)14(16)17/h3-8H,1-2H3,(H,16,17). The lowest BCUT2D eigenvalue weighted by atomic mass is 10.0. The fraction of sp³-hybridized carbons (Fsp3) is 0.214. The zero-order valence-electron chi connectivity index (χ0n) is 10.5. The van der Waals surface area contributed by atoms with Crippen molar-refractivity contribution in [2.75, 3.05) is 0 Å². The number of aromatic carboxylic acids is 1. The Bertz CT molecular complexity index is 604. The molecule has 3 nitrogen and oxygen atoms in total. The first-order valence-electron chi connectivity index (χ1n) is 5.78. The Morgan fingerprint density at radius 3 is 2.63 bits per heavy atom. The van der Waals surface area contributed by atoms with E-state index in [1.165, 1.54) is 0 Å². The summed E-state index contributed by atoms with van der Waals surface area (Å²) >= 11 is 4.57. The smallest absolute Gasteiger partial charge is 0.345 e. The van der Waals surface area contributed by atoms with E-state index in [0.717, 1.165) is 27.1 Å². The summed E-state index contributed by atoms with van der Waals surface area (Å²) in [6, 6.07) is 9.05. The van der Waals surface area contributed by atoms with Gasteiger partial charge >= 0.3 is 5.97 Å². The van der Waals surface area contributed by atoms with E-state index in [0.29, 0.717) is 11.0 Å². The fourth-order valence-corrected chi connectivity index (χ4v) is 2.75. The number of hydrogen-bond acceptors (Lipinski definition) is 3. The Labute approximate surface area is 124 Å². The fourth-order valence-electron chi connectivity index (χ4n) is 1.66. The number of carboxylic acids is 1. The van der Waals surface area contributed by atoms with Gasteiger partial charge in [0, 0.05) is 4.47 Å². The van der Waals surface area contributed by atoms with E-state index in [4.69, 9.17) is 9.84 Å². The molecule has 1 aromatic heterocycles. The predicted octanol–water partition coefficient (Wildman–Crippen LogP) is 5.12. The summed E-state index contributed by atoms with van der Waals surface area (Å²) in [6.45, 7) is 4.18. The molecule has 0 aliphatic carbocycles. The predicted molar refractivity (Wildman–Crippen MR) is 79.6 cm³/mol. The van der Waals surface area contributed by atoms with Crippen molar-refractivity contribution in [2.45, 2.75) is 19.8 Å². The zero-order chi connectivity index (χ0) is 14.0. The first kappa shape index (κ1) is 14.1. The maximum Gasteiger partial charge on any atom is 0.345 e. The molecule has 0 atom stereocenters.